The minimum absolute atomic E-state index is 0.636. The van der Waals surface area contributed by atoms with Gasteiger partial charge in [0.25, 0.3) is 0 Å². The predicted molar refractivity (Wildman–Crippen MR) is 45.1 cm³/mol. The standard InChI is InChI=1S/C7H17N.BH/c1-6(2)5-8-7(3)4;/h6-8H,5H2,1-4H3;1H/i;1D. The van der Waals surface area contributed by atoms with Gasteiger partial charge >= 0.3 is 0 Å². The van der Waals surface area contributed by atoms with E-state index in [-0.39, 0.29) is 0 Å². The topological polar surface area (TPSA) is 12.0 Å². The molecule has 0 atom stereocenters. The molecular weight excluding hydrogens is 109 g/mol. The molecule has 1 N–H and O–H groups in total. The lowest BCUT2D eigenvalue weighted by Crippen LogP contribution is -2.26. The van der Waals surface area contributed by atoms with E-state index in [2.05, 4.69) is 41.4 Å². The lowest BCUT2D eigenvalue weighted by Gasteiger charge is -2.09. The quantitative estimate of drug-likeness (QED) is 0.559. The zero-order valence-corrected chi connectivity index (χ0v) is 6.94. The van der Waals surface area contributed by atoms with Crippen molar-refractivity contribution in [3.05, 3.63) is 0 Å². The smallest absolute Gasteiger partial charge is 0.0379 e. The third-order valence-electron chi connectivity index (χ3n) is 0.934. The zero-order valence-electron chi connectivity index (χ0n) is 7.94. The highest BCUT2D eigenvalue weighted by Crippen LogP contribution is 1.87. The Morgan fingerprint density at radius 3 is 1.89 bits per heavy atom. The summed E-state index contributed by atoms with van der Waals surface area (Å²) in [7, 11) is 3.75. The van der Waals surface area contributed by atoms with Gasteiger partial charge in [-0.05, 0) is 13.8 Å². The summed E-state index contributed by atoms with van der Waals surface area (Å²) < 4.78 is 5.25. The number of hydrogen-bond donors (Lipinski definition) is 1. The van der Waals surface area contributed by atoms with E-state index in [4.69, 9.17) is 1.34 Å². The highest BCUT2D eigenvalue weighted by molar-refractivity contribution is 5.75. The van der Waals surface area contributed by atoms with Gasteiger partial charge in [-0.3, -0.25) is 0 Å². The fraction of sp³-hybridized carbons (Fsp3) is 1.00. The molecule has 0 fully saturated rings. The van der Waals surface area contributed by atoms with Gasteiger partial charge in [-0.2, -0.15) is 0 Å². The lowest BCUT2D eigenvalue weighted by atomic mass is 10.2. The summed E-state index contributed by atoms with van der Waals surface area (Å²) in [5.41, 5.74) is 0. The summed E-state index contributed by atoms with van der Waals surface area (Å²) in [6.07, 6.45) is 0. The van der Waals surface area contributed by atoms with E-state index in [1.54, 1.807) is 0 Å². The first-order valence-corrected chi connectivity index (χ1v) is 3.36. The van der Waals surface area contributed by atoms with Gasteiger partial charge in [-0.1, -0.05) is 27.7 Å². The van der Waals surface area contributed by atoms with Gasteiger partial charge in [0, 0.05) is 14.4 Å². The molecule has 0 rings (SSSR count). The van der Waals surface area contributed by atoms with E-state index in [0.717, 1.165) is 12.5 Å². The summed E-state index contributed by atoms with van der Waals surface area (Å²) >= 11 is 0. The third-order valence-corrected chi connectivity index (χ3v) is 0.934. The second kappa shape index (κ2) is 6.15. The fourth-order valence-corrected chi connectivity index (χ4v) is 0.471. The van der Waals surface area contributed by atoms with Gasteiger partial charge in [-0.15, -0.1) is 0 Å². The monoisotopic (exact) mass is 128 g/mol. The Hall–Kier alpha value is 0.0249. The van der Waals surface area contributed by atoms with Crippen LogP contribution in [0, 0.1) is 5.92 Å². The molecule has 0 aromatic rings. The Kier molecular flexibility index (Phi) is 6.17. The zero-order chi connectivity index (χ0) is 8.57. The molecule has 0 amide bonds. The second-order valence-electron chi connectivity index (χ2n) is 2.96. The molecule has 0 saturated heterocycles. The Morgan fingerprint density at radius 1 is 1.33 bits per heavy atom. The Labute approximate surface area is 62.2 Å². The van der Waals surface area contributed by atoms with E-state index in [1.807, 2.05) is 0 Å². The van der Waals surface area contributed by atoms with Crippen molar-refractivity contribution < 1.29 is 0 Å². The van der Waals surface area contributed by atoms with Crippen LogP contribution < -0.4 is 5.32 Å². The van der Waals surface area contributed by atoms with Crippen LogP contribution in [0.4, 0.5) is 0 Å². The molecule has 0 aromatic heterocycles. The van der Waals surface area contributed by atoms with Crippen molar-refractivity contribution in [3.8, 4) is 0 Å². The van der Waals surface area contributed by atoms with Gasteiger partial charge in [0.05, 0.1) is 0 Å². The molecule has 0 saturated carbocycles. The first-order chi connectivity index (χ1) is 4.63. The molecule has 2 heteroatoms. The second-order valence-corrected chi connectivity index (χ2v) is 2.96. The molecule has 9 heavy (non-hydrogen) atoms. The molecule has 0 spiro atoms. The van der Waals surface area contributed by atoms with Crippen molar-refractivity contribution in [2.24, 2.45) is 5.92 Å². The van der Waals surface area contributed by atoms with Crippen molar-refractivity contribution in [2.75, 3.05) is 6.54 Å². The largest absolute Gasteiger partial charge is 0.314 e. The van der Waals surface area contributed by atoms with E-state index in [0.29, 0.717) is 6.04 Å². The Bertz CT molecular complexity index is 49.6. The molecule has 0 heterocycles. The molecule has 0 aliphatic rings. The van der Waals surface area contributed by atoms with Gasteiger partial charge in [0.15, 0.2) is 0 Å². The third kappa shape index (κ3) is 11.5. The Morgan fingerprint density at radius 2 is 1.78 bits per heavy atom. The van der Waals surface area contributed by atoms with Crippen LogP contribution in [0.5, 0.6) is 0 Å². The van der Waals surface area contributed by atoms with Gasteiger partial charge in [0.1, 0.15) is 0 Å². The minimum atomic E-state index is 0.636. The lowest BCUT2D eigenvalue weighted by molar-refractivity contribution is 0.505. The normalized spacial score (nSPS) is 10.7. The number of hydrogen-bond acceptors (Lipinski definition) is 1. The highest BCUT2D eigenvalue weighted by atomic mass is 14.9. The van der Waals surface area contributed by atoms with Crippen LogP contribution in [-0.2, 0) is 0 Å². The molecule has 0 aromatic carbocycles. The predicted octanol–water partition coefficient (Wildman–Crippen LogP) is 0.992. The average Bonchev–Trinajstić information content (AvgIpc) is 1.89. The summed E-state index contributed by atoms with van der Waals surface area (Å²) in [4.78, 5) is 0. The van der Waals surface area contributed by atoms with Crippen LogP contribution in [-0.4, -0.2) is 22.3 Å². The molecule has 0 unspecified atom stereocenters. The maximum atomic E-state index is 5.25. The van der Waals surface area contributed by atoms with Crippen LogP contribution >= 0.6 is 0 Å². The van der Waals surface area contributed by atoms with Crippen molar-refractivity contribution >= 4 is 8.38 Å². The highest BCUT2D eigenvalue weighted by Gasteiger charge is 1.93. The summed E-state index contributed by atoms with van der Waals surface area (Å²) in [5.74, 6) is 0.775. The van der Waals surface area contributed by atoms with Gasteiger partial charge in [0.2, 0.25) is 0 Å². The van der Waals surface area contributed by atoms with Crippen LogP contribution in [0.1, 0.15) is 27.7 Å². The van der Waals surface area contributed by atoms with E-state index in [9.17, 15) is 0 Å². The van der Waals surface area contributed by atoms with E-state index in [1.165, 1.54) is 0 Å². The summed E-state index contributed by atoms with van der Waals surface area (Å²) in [6, 6.07) is 0.636. The fourth-order valence-electron chi connectivity index (χ4n) is 0.471. The van der Waals surface area contributed by atoms with Gasteiger partial charge in [-0.25, -0.2) is 0 Å². The maximum absolute atomic E-state index is 5.25. The molecule has 54 valence electrons. The molecule has 1 nitrogen and oxygen atoms in total. The van der Waals surface area contributed by atoms with Gasteiger partial charge < -0.3 is 5.32 Å². The van der Waals surface area contributed by atoms with Crippen molar-refractivity contribution in [1.82, 2.24) is 5.32 Å². The maximum Gasteiger partial charge on any atom is 0.0379 e. The summed E-state index contributed by atoms with van der Waals surface area (Å²) in [5, 5.41) is 3.34. The molecule has 2 radical (unpaired) electrons. The summed E-state index contributed by atoms with van der Waals surface area (Å²) in [6.45, 7) is 9.91. The first kappa shape index (κ1) is 9.02. The molecule has 0 aliphatic heterocycles. The van der Waals surface area contributed by atoms with Crippen LogP contribution in [0.3, 0.4) is 0 Å². The van der Waals surface area contributed by atoms with Crippen molar-refractivity contribution in [2.45, 2.75) is 33.7 Å². The first-order valence-electron chi connectivity index (χ1n) is 3.94. The molecule has 0 aliphatic carbocycles. The average molecular weight is 128 g/mol. The minimum Gasteiger partial charge on any atom is -0.314 e. The SMILES string of the molecule is CC(C)CNC(C)C.[2H][B]. The molecule has 0 bridgehead atoms. The van der Waals surface area contributed by atoms with Crippen molar-refractivity contribution in [1.29, 1.82) is 1.34 Å². The van der Waals surface area contributed by atoms with Crippen molar-refractivity contribution in [3.63, 3.8) is 0 Å². The molecular formula is C7H18BN. The Balaban J connectivity index is 0. The van der Waals surface area contributed by atoms with Crippen LogP contribution in [0.15, 0.2) is 0 Å². The number of rotatable bonds is 3. The van der Waals surface area contributed by atoms with E-state index < -0.39 is 0 Å². The van der Waals surface area contributed by atoms with Crippen LogP contribution in [0.2, 0.25) is 0 Å². The van der Waals surface area contributed by atoms with Crippen LogP contribution in [0.25, 0.3) is 0 Å². The van der Waals surface area contributed by atoms with E-state index >= 15 is 0 Å². The number of nitrogens with one attached hydrogen (secondary N) is 1.